The Morgan fingerprint density at radius 3 is 1.14 bits per heavy atom. The largest absolute Gasteiger partial charge is 0.412 e. The number of nitrogens with zero attached hydrogens (tertiary/aromatic N) is 2. The molecule has 0 atom stereocenters. The van der Waals surface area contributed by atoms with Gasteiger partial charge in [0.25, 0.3) is 0 Å². The summed E-state index contributed by atoms with van der Waals surface area (Å²) in [7, 11) is 0. The maximum atomic E-state index is 8.48. The Morgan fingerprint density at radius 1 is 0.667 bits per heavy atom. The molecule has 2 heterocycles. The van der Waals surface area contributed by atoms with Crippen molar-refractivity contribution >= 4 is 0 Å². The summed E-state index contributed by atoms with van der Waals surface area (Å²) in [4.78, 5) is 7.69. The molecule has 0 aliphatic rings. The van der Waals surface area contributed by atoms with Gasteiger partial charge in [-0.05, 0) is 24.3 Å². The molecule has 0 saturated heterocycles. The summed E-state index contributed by atoms with van der Waals surface area (Å²) < 4.78 is 0. The fourth-order valence-electron chi connectivity index (χ4n) is 0.983. The van der Waals surface area contributed by atoms with Gasteiger partial charge in [-0.25, -0.2) is 0 Å². The van der Waals surface area contributed by atoms with Gasteiger partial charge >= 0.3 is 0 Å². The molecule has 2 aromatic heterocycles. The minimum absolute atomic E-state index is 0. The molecule has 10 N–H and O–H groups in total. The topological polar surface area (TPSA) is 192 Å². The first-order valence-electron chi connectivity index (χ1n) is 4.88. The monoisotopic (exact) mass is 353 g/mol. The average molecular weight is 354 g/mol. The number of aliphatic hydroxyl groups excluding tert-OH is 2. The molecule has 2 aromatic rings. The summed E-state index contributed by atoms with van der Waals surface area (Å²) in [6, 6.07) is 10.9. The van der Waals surface area contributed by atoms with Crippen LogP contribution in [0.1, 0.15) is 11.4 Å². The molecule has 127 valence electrons. The van der Waals surface area contributed by atoms with E-state index in [1.807, 2.05) is 24.3 Å². The van der Waals surface area contributed by atoms with Crippen molar-refractivity contribution in [2.45, 2.75) is 13.2 Å². The first-order chi connectivity index (χ1) is 7.86. The summed E-state index contributed by atoms with van der Waals surface area (Å²) >= 11 is 0. The van der Waals surface area contributed by atoms with Crippen LogP contribution in [0.2, 0.25) is 0 Å². The van der Waals surface area contributed by atoms with Crippen molar-refractivity contribution in [3.8, 4) is 0 Å². The smallest absolute Gasteiger partial charge is 0.0852 e. The van der Waals surface area contributed by atoms with Gasteiger partial charge in [0.05, 0.1) is 24.6 Å². The first-order valence-corrected chi connectivity index (χ1v) is 4.88. The molecule has 0 spiro atoms. The second-order valence-corrected chi connectivity index (χ2v) is 2.96. The second-order valence-electron chi connectivity index (χ2n) is 2.96. The normalized spacial score (nSPS) is 6.95. The van der Waals surface area contributed by atoms with Gasteiger partial charge in [0.15, 0.2) is 0 Å². The molecular formula is C12H22CuN2O6. The molecule has 0 amide bonds. The molecule has 0 fully saturated rings. The Bertz CT molecular complexity index is 354. The fraction of sp³-hybridized carbons (Fsp3) is 0.167. The van der Waals surface area contributed by atoms with E-state index < -0.39 is 0 Å². The van der Waals surface area contributed by atoms with Crippen LogP contribution in [-0.2, 0) is 30.3 Å². The molecule has 0 aliphatic carbocycles. The van der Waals surface area contributed by atoms with Gasteiger partial charge < -0.3 is 32.1 Å². The second kappa shape index (κ2) is 20.9. The molecule has 0 aromatic carbocycles. The predicted molar refractivity (Wildman–Crippen MR) is 74.8 cm³/mol. The number of aliphatic hydroxyl groups is 2. The van der Waals surface area contributed by atoms with E-state index in [1.54, 1.807) is 24.5 Å². The van der Waals surface area contributed by atoms with E-state index in [-0.39, 0.29) is 52.2 Å². The number of aromatic nitrogens is 2. The Balaban J connectivity index is -0.0000000656. The van der Waals surface area contributed by atoms with E-state index in [9.17, 15) is 0 Å². The molecule has 0 bridgehead atoms. The first kappa shape index (κ1) is 31.8. The molecule has 8 nitrogen and oxygen atoms in total. The van der Waals surface area contributed by atoms with Gasteiger partial charge in [0, 0.05) is 29.5 Å². The van der Waals surface area contributed by atoms with Gasteiger partial charge in [-0.15, -0.1) is 0 Å². The van der Waals surface area contributed by atoms with Crippen LogP contribution in [0.4, 0.5) is 0 Å². The van der Waals surface area contributed by atoms with Gasteiger partial charge in [0.2, 0.25) is 0 Å². The van der Waals surface area contributed by atoms with Crippen molar-refractivity contribution in [1.82, 2.24) is 9.97 Å². The third-order valence-corrected chi connectivity index (χ3v) is 1.78. The van der Waals surface area contributed by atoms with Crippen LogP contribution in [0, 0.1) is 0 Å². The van der Waals surface area contributed by atoms with E-state index in [0.29, 0.717) is 11.4 Å². The maximum Gasteiger partial charge on any atom is 0.0852 e. The van der Waals surface area contributed by atoms with Crippen LogP contribution in [0.3, 0.4) is 0 Å². The molecule has 0 unspecified atom stereocenters. The quantitative estimate of drug-likeness (QED) is 0.581. The molecule has 0 saturated carbocycles. The van der Waals surface area contributed by atoms with Crippen LogP contribution in [0.25, 0.3) is 0 Å². The Hall–Kier alpha value is -1.42. The summed E-state index contributed by atoms with van der Waals surface area (Å²) in [6.07, 6.45) is 3.32. The van der Waals surface area contributed by atoms with Crippen molar-refractivity contribution in [2.75, 3.05) is 0 Å². The van der Waals surface area contributed by atoms with Crippen molar-refractivity contribution < 1.29 is 49.2 Å². The van der Waals surface area contributed by atoms with Crippen molar-refractivity contribution in [3.63, 3.8) is 0 Å². The van der Waals surface area contributed by atoms with E-state index >= 15 is 0 Å². The van der Waals surface area contributed by atoms with Gasteiger partial charge in [-0.1, -0.05) is 12.1 Å². The summed E-state index contributed by atoms with van der Waals surface area (Å²) in [6.45, 7) is 0.0572. The van der Waals surface area contributed by atoms with Gasteiger partial charge in [0.1, 0.15) is 0 Å². The fourth-order valence-corrected chi connectivity index (χ4v) is 0.983. The number of rotatable bonds is 2. The third kappa shape index (κ3) is 14.8. The van der Waals surface area contributed by atoms with Gasteiger partial charge in [-0.3, -0.25) is 9.97 Å². The van der Waals surface area contributed by atoms with Crippen LogP contribution >= 0.6 is 0 Å². The summed E-state index contributed by atoms with van der Waals surface area (Å²) in [5.74, 6) is 0. The maximum absolute atomic E-state index is 8.48. The minimum Gasteiger partial charge on any atom is -0.412 e. The summed E-state index contributed by atoms with van der Waals surface area (Å²) in [5.41, 5.74) is 1.43. The molecule has 1 radical (unpaired) electrons. The van der Waals surface area contributed by atoms with Crippen LogP contribution in [0.5, 0.6) is 0 Å². The van der Waals surface area contributed by atoms with Gasteiger partial charge in [-0.2, -0.15) is 0 Å². The number of pyridine rings is 2. The minimum atomic E-state index is 0. The van der Waals surface area contributed by atoms with Crippen molar-refractivity contribution in [2.24, 2.45) is 0 Å². The zero-order chi connectivity index (χ0) is 11.6. The molecule has 21 heavy (non-hydrogen) atoms. The SMILES string of the molecule is O.O.O.O.OCc1ccccn1.OCc1ccccn1.[Cu]. The zero-order valence-electron chi connectivity index (χ0n) is 11.1. The summed E-state index contributed by atoms with van der Waals surface area (Å²) in [5, 5.41) is 17.0. The standard InChI is InChI=1S/2C6H7NO.Cu.4H2O/c2*8-5-6-3-1-2-4-7-6;;;;;/h2*1-4,8H,5H2;;4*1H2. The van der Waals surface area contributed by atoms with Crippen molar-refractivity contribution in [3.05, 3.63) is 60.2 Å². The Morgan fingerprint density at radius 2 is 1.00 bits per heavy atom. The molecule has 0 aliphatic heterocycles. The van der Waals surface area contributed by atoms with Crippen LogP contribution in [-0.4, -0.2) is 42.1 Å². The Kier molecular flexibility index (Phi) is 31.6. The molecule has 9 heteroatoms. The van der Waals surface area contributed by atoms with E-state index in [4.69, 9.17) is 10.2 Å². The average Bonchev–Trinajstić information content (AvgIpc) is 2.41. The van der Waals surface area contributed by atoms with Crippen molar-refractivity contribution in [1.29, 1.82) is 0 Å². The van der Waals surface area contributed by atoms with Crippen LogP contribution in [0.15, 0.2) is 48.8 Å². The third-order valence-electron chi connectivity index (χ3n) is 1.78. The van der Waals surface area contributed by atoms with E-state index in [1.165, 1.54) is 0 Å². The number of hydrogen-bond donors (Lipinski definition) is 2. The number of hydrogen-bond acceptors (Lipinski definition) is 4. The zero-order valence-corrected chi connectivity index (χ0v) is 12.1. The molecular weight excluding hydrogens is 332 g/mol. The Labute approximate surface area is 133 Å². The van der Waals surface area contributed by atoms with E-state index in [2.05, 4.69) is 9.97 Å². The van der Waals surface area contributed by atoms with E-state index in [0.717, 1.165) is 0 Å². The molecule has 2 rings (SSSR count). The predicted octanol–water partition coefficient (Wildman–Crippen LogP) is -2.15. The van der Waals surface area contributed by atoms with Crippen LogP contribution < -0.4 is 0 Å².